The van der Waals surface area contributed by atoms with Gasteiger partial charge in [0.25, 0.3) is 12.1 Å². The Balaban J connectivity index is 1.93. The van der Waals surface area contributed by atoms with Crippen LogP contribution in [-0.2, 0) is 7.05 Å². The number of Topliss-reactive ketones (excluding diaryl/α,β-unsaturated/α-hetero) is 1. The highest BCUT2D eigenvalue weighted by atomic mass is 32.1. The van der Waals surface area contributed by atoms with E-state index in [1.807, 2.05) is 19.1 Å². The molecule has 0 aromatic carbocycles. The van der Waals surface area contributed by atoms with E-state index in [1.54, 1.807) is 25.3 Å². The highest BCUT2D eigenvalue weighted by Crippen LogP contribution is 2.44. The van der Waals surface area contributed by atoms with Gasteiger partial charge in [0, 0.05) is 26.3 Å². The third-order valence-corrected chi connectivity index (χ3v) is 6.53. The minimum atomic E-state index is -0.419. The minimum Gasteiger partial charge on any atom is -0.397 e. The number of ketones is 1. The summed E-state index contributed by atoms with van der Waals surface area (Å²) in [7, 11) is 1.68. The first kappa shape index (κ1) is 19.2. The van der Waals surface area contributed by atoms with Crippen LogP contribution < -0.4 is 15.7 Å². The van der Waals surface area contributed by atoms with Crippen LogP contribution >= 0.6 is 22.7 Å². The van der Waals surface area contributed by atoms with Gasteiger partial charge >= 0.3 is 5.88 Å². The van der Waals surface area contributed by atoms with Crippen LogP contribution in [0.25, 0.3) is 20.7 Å². The number of rotatable bonds is 4. The summed E-state index contributed by atoms with van der Waals surface area (Å²) in [6.07, 6.45) is 1.54. The molecule has 4 aromatic heterocycles. The van der Waals surface area contributed by atoms with E-state index in [1.165, 1.54) is 29.1 Å². The van der Waals surface area contributed by atoms with Crippen LogP contribution in [0.1, 0.15) is 37.5 Å². The van der Waals surface area contributed by atoms with Crippen LogP contribution in [0.4, 0.5) is 11.6 Å². The van der Waals surface area contributed by atoms with Gasteiger partial charge in [-0.2, -0.15) is 0 Å². The summed E-state index contributed by atoms with van der Waals surface area (Å²) in [6.45, 7) is 5.31. The van der Waals surface area contributed by atoms with Gasteiger partial charge in [-0.1, -0.05) is 4.68 Å². The van der Waals surface area contributed by atoms with E-state index in [-0.39, 0.29) is 11.7 Å². The molecular formula is C19H18N5O3S2+. The van der Waals surface area contributed by atoms with Crippen molar-refractivity contribution in [3.63, 3.8) is 0 Å². The SMILES string of the molecule is CC(=O)c1c(C)nc2sc(C(=O)Nc3c[n+](C)no3)c(N)c2c1-c1ccc(C)s1. The first-order valence-corrected chi connectivity index (χ1v) is 10.3. The van der Waals surface area contributed by atoms with Crippen LogP contribution in [0.3, 0.4) is 0 Å². The van der Waals surface area contributed by atoms with Crippen LogP contribution in [-0.4, -0.2) is 21.9 Å². The highest BCUT2D eigenvalue weighted by Gasteiger charge is 2.26. The van der Waals surface area contributed by atoms with Gasteiger partial charge in [-0.15, -0.1) is 22.7 Å². The maximum Gasteiger partial charge on any atom is 0.302 e. The first-order chi connectivity index (χ1) is 13.8. The van der Waals surface area contributed by atoms with Gasteiger partial charge in [-0.3, -0.25) is 19.4 Å². The molecule has 0 spiro atoms. The van der Waals surface area contributed by atoms with Gasteiger partial charge in [0.15, 0.2) is 18.1 Å². The van der Waals surface area contributed by atoms with Gasteiger partial charge in [0.05, 0.1) is 11.4 Å². The summed E-state index contributed by atoms with van der Waals surface area (Å²) >= 11 is 2.75. The van der Waals surface area contributed by atoms with E-state index in [0.717, 1.165) is 15.3 Å². The maximum absolute atomic E-state index is 12.8. The lowest BCUT2D eigenvalue weighted by Crippen LogP contribution is -2.28. The van der Waals surface area contributed by atoms with E-state index in [2.05, 4.69) is 15.6 Å². The van der Waals surface area contributed by atoms with Gasteiger partial charge in [0.2, 0.25) is 0 Å². The molecule has 0 saturated carbocycles. The second kappa shape index (κ2) is 7.05. The zero-order valence-electron chi connectivity index (χ0n) is 16.2. The third-order valence-electron chi connectivity index (χ3n) is 4.41. The molecule has 4 rings (SSSR count). The van der Waals surface area contributed by atoms with Crippen molar-refractivity contribution in [1.29, 1.82) is 0 Å². The number of nitrogens with two attached hydrogens (primary N) is 1. The third kappa shape index (κ3) is 3.30. The van der Waals surface area contributed by atoms with Crippen LogP contribution in [0, 0.1) is 13.8 Å². The molecule has 1 amide bonds. The molecule has 4 aromatic rings. The number of hydrogen-bond donors (Lipinski definition) is 2. The predicted molar refractivity (Wildman–Crippen MR) is 112 cm³/mol. The van der Waals surface area contributed by atoms with Crippen molar-refractivity contribution in [1.82, 2.24) is 10.3 Å². The summed E-state index contributed by atoms with van der Waals surface area (Å²) in [5, 5.41) is 6.95. The fourth-order valence-corrected chi connectivity index (χ4v) is 5.20. The van der Waals surface area contributed by atoms with Crippen molar-refractivity contribution in [2.75, 3.05) is 11.1 Å². The lowest BCUT2D eigenvalue weighted by atomic mass is 9.98. The quantitative estimate of drug-likeness (QED) is 0.380. The molecule has 0 radical (unpaired) electrons. The van der Waals surface area contributed by atoms with Crippen LogP contribution in [0.15, 0.2) is 22.9 Å². The fraction of sp³-hybridized carbons (Fsp3) is 0.211. The number of nitrogens with one attached hydrogen (secondary N) is 1. The van der Waals surface area contributed by atoms with Gasteiger partial charge < -0.3 is 5.73 Å². The second-order valence-corrected chi connectivity index (χ2v) is 8.92. The Kier molecular flexibility index (Phi) is 4.67. The second-order valence-electron chi connectivity index (χ2n) is 6.63. The molecule has 0 aliphatic carbocycles. The van der Waals surface area contributed by atoms with E-state index in [4.69, 9.17) is 10.3 Å². The van der Waals surface area contributed by atoms with Crippen molar-refractivity contribution in [2.24, 2.45) is 7.05 Å². The number of thiophene rings is 2. The zero-order chi connectivity index (χ0) is 20.9. The molecule has 148 valence electrons. The van der Waals surface area contributed by atoms with E-state index in [9.17, 15) is 9.59 Å². The number of hydrogen-bond acceptors (Lipinski definition) is 8. The number of fused-ring (bicyclic) bond motifs is 1. The summed E-state index contributed by atoms with van der Waals surface area (Å²) in [5.74, 6) is -0.307. The number of anilines is 2. The number of aromatic nitrogens is 3. The number of carbonyl (C=O) groups is 2. The summed E-state index contributed by atoms with van der Waals surface area (Å²) in [4.78, 5) is 32.7. The average molecular weight is 429 g/mol. The van der Waals surface area contributed by atoms with Gasteiger partial charge in [0.1, 0.15) is 9.71 Å². The molecule has 0 aliphatic heterocycles. The Morgan fingerprint density at radius 2 is 2.00 bits per heavy atom. The Morgan fingerprint density at radius 3 is 2.59 bits per heavy atom. The lowest BCUT2D eigenvalue weighted by Gasteiger charge is -2.11. The smallest absolute Gasteiger partial charge is 0.302 e. The van der Waals surface area contributed by atoms with Crippen LogP contribution in [0.2, 0.25) is 0 Å². The molecule has 10 heteroatoms. The number of aryl methyl sites for hydroxylation is 3. The minimum absolute atomic E-state index is 0.0938. The monoisotopic (exact) mass is 428 g/mol. The fourth-order valence-electron chi connectivity index (χ4n) is 3.23. The molecule has 0 atom stereocenters. The molecule has 0 bridgehead atoms. The highest BCUT2D eigenvalue weighted by molar-refractivity contribution is 7.21. The Hall–Kier alpha value is -3.11. The first-order valence-electron chi connectivity index (χ1n) is 8.70. The van der Waals surface area contributed by atoms with Crippen molar-refractivity contribution in [3.8, 4) is 10.4 Å². The molecule has 4 heterocycles. The zero-order valence-corrected chi connectivity index (χ0v) is 17.8. The van der Waals surface area contributed by atoms with Crippen molar-refractivity contribution >= 4 is 56.2 Å². The number of carbonyl (C=O) groups excluding carboxylic acids is 2. The Morgan fingerprint density at radius 1 is 1.24 bits per heavy atom. The van der Waals surface area contributed by atoms with E-state index in [0.29, 0.717) is 32.0 Å². The van der Waals surface area contributed by atoms with E-state index >= 15 is 0 Å². The molecule has 3 N–H and O–H groups in total. The molecule has 0 fully saturated rings. The normalized spacial score (nSPS) is 11.2. The van der Waals surface area contributed by atoms with Gasteiger partial charge in [-0.25, -0.2) is 4.98 Å². The van der Waals surface area contributed by atoms with Crippen LogP contribution in [0.5, 0.6) is 0 Å². The topological polar surface area (TPSA) is 115 Å². The molecule has 0 saturated heterocycles. The summed E-state index contributed by atoms with van der Waals surface area (Å²) < 4.78 is 6.46. The number of nitrogen functional groups attached to an aromatic ring is 1. The maximum atomic E-state index is 12.8. The average Bonchev–Trinajstić information content (AvgIpc) is 3.33. The van der Waals surface area contributed by atoms with Crippen molar-refractivity contribution < 1.29 is 18.8 Å². The number of pyridine rings is 1. The molecule has 0 aliphatic rings. The standard InChI is InChI=1S/C19H17N5O3S2/c1-8-5-6-11(28-8)14-13(10(3)25)9(2)21-19-15(14)16(20)17(29-19)18(26)22-12-7-24(4)23-27-12/h5-7H,1-4H3,(H2-,20,22,23,26)/p+1. The Bertz CT molecular complexity index is 1280. The Labute approximate surface area is 173 Å². The molecule has 29 heavy (non-hydrogen) atoms. The van der Waals surface area contributed by atoms with E-state index < -0.39 is 5.91 Å². The van der Waals surface area contributed by atoms with Gasteiger partial charge in [-0.05, 0) is 32.9 Å². The lowest BCUT2D eigenvalue weighted by molar-refractivity contribution is -0.739. The molecule has 0 unspecified atom stereocenters. The molecular weight excluding hydrogens is 410 g/mol. The largest absolute Gasteiger partial charge is 0.397 e. The summed E-state index contributed by atoms with van der Waals surface area (Å²) in [5.41, 5.74) is 8.58. The number of amides is 1. The van der Waals surface area contributed by atoms with Crippen molar-refractivity contribution in [3.05, 3.63) is 39.3 Å². The predicted octanol–water partition coefficient (Wildman–Crippen LogP) is 3.49. The summed E-state index contributed by atoms with van der Waals surface area (Å²) in [6, 6.07) is 3.96. The van der Waals surface area contributed by atoms with Crippen molar-refractivity contribution in [2.45, 2.75) is 20.8 Å². The number of nitrogens with zero attached hydrogens (tertiary/aromatic N) is 3. The molecule has 8 nitrogen and oxygen atoms in total.